The zero-order valence-corrected chi connectivity index (χ0v) is 19.0. The van der Waals surface area contributed by atoms with Gasteiger partial charge in [-0.25, -0.2) is 14.2 Å². The molecule has 0 radical (unpaired) electrons. The molecule has 0 aliphatic rings. The number of hydrogen-bond acceptors (Lipinski definition) is 7. The zero-order valence-electron chi connectivity index (χ0n) is 19.0. The Labute approximate surface area is 196 Å². The van der Waals surface area contributed by atoms with E-state index in [1.807, 2.05) is 60.7 Å². The Bertz CT molecular complexity index is 1170. The lowest BCUT2D eigenvalue weighted by Crippen LogP contribution is -2.58. The van der Waals surface area contributed by atoms with Gasteiger partial charge in [-0.15, -0.1) is 10.2 Å². The van der Waals surface area contributed by atoms with Crippen molar-refractivity contribution in [2.75, 3.05) is 6.61 Å². The molecule has 0 bridgehead atoms. The molecule has 0 atom stereocenters. The Morgan fingerprint density at radius 1 is 0.853 bits per heavy atom. The first-order valence-electron chi connectivity index (χ1n) is 10.9. The lowest BCUT2D eigenvalue weighted by atomic mass is 9.88. The normalized spacial score (nSPS) is 11.2. The highest BCUT2D eigenvalue weighted by molar-refractivity contribution is 5.87. The topological polar surface area (TPSA) is 117 Å². The second-order valence-corrected chi connectivity index (χ2v) is 7.82. The Morgan fingerprint density at radius 3 is 1.74 bits per heavy atom. The van der Waals surface area contributed by atoms with Crippen LogP contribution in [0.2, 0.25) is 0 Å². The maximum absolute atomic E-state index is 13.2. The molecule has 2 heterocycles. The molecule has 0 aliphatic carbocycles. The van der Waals surface area contributed by atoms with Gasteiger partial charge in [0.05, 0.1) is 41.8 Å². The molecule has 0 fully saturated rings. The van der Waals surface area contributed by atoms with E-state index in [0.717, 1.165) is 11.4 Å². The third-order valence-corrected chi connectivity index (χ3v) is 5.17. The summed E-state index contributed by atoms with van der Waals surface area (Å²) < 4.78 is 8.60. The van der Waals surface area contributed by atoms with Crippen LogP contribution < -0.4 is 5.32 Å². The molecule has 0 saturated carbocycles. The molecule has 2 aromatic carbocycles. The average molecular weight is 460 g/mol. The van der Waals surface area contributed by atoms with Crippen LogP contribution >= 0.6 is 0 Å². The number of esters is 1. The first-order chi connectivity index (χ1) is 16.5. The van der Waals surface area contributed by atoms with Crippen molar-refractivity contribution in [3.05, 3.63) is 84.4 Å². The molecule has 2 aromatic heterocycles. The molecule has 10 heteroatoms. The number of benzene rings is 2. The van der Waals surface area contributed by atoms with Crippen LogP contribution in [0.4, 0.5) is 0 Å². The summed E-state index contributed by atoms with van der Waals surface area (Å²) in [5.74, 6) is -0.951. The van der Waals surface area contributed by atoms with E-state index in [4.69, 9.17) is 4.74 Å². The molecule has 0 aliphatic heterocycles. The third kappa shape index (κ3) is 5.17. The number of aromatic nitrogens is 6. The lowest BCUT2D eigenvalue weighted by molar-refractivity contribution is -0.153. The Hall–Kier alpha value is -4.34. The van der Waals surface area contributed by atoms with Gasteiger partial charge in [-0.2, -0.15) is 0 Å². The summed E-state index contributed by atoms with van der Waals surface area (Å²) in [5.41, 5.74) is 1.25. The molecule has 0 spiro atoms. The Kier molecular flexibility index (Phi) is 6.77. The number of para-hydroxylation sites is 2. The average Bonchev–Trinajstić information content (AvgIpc) is 3.50. The molecular formula is C24H25N7O3. The van der Waals surface area contributed by atoms with Crippen molar-refractivity contribution in [2.24, 2.45) is 0 Å². The zero-order chi connectivity index (χ0) is 24.0. The highest BCUT2D eigenvalue weighted by Crippen LogP contribution is 2.21. The lowest BCUT2D eigenvalue weighted by Gasteiger charge is -2.30. The predicted molar refractivity (Wildman–Crippen MR) is 123 cm³/mol. The molecule has 174 valence electrons. The summed E-state index contributed by atoms with van der Waals surface area (Å²) in [5, 5.41) is 19.6. The van der Waals surface area contributed by atoms with Crippen LogP contribution in [0, 0.1) is 0 Å². The van der Waals surface area contributed by atoms with Gasteiger partial charge in [0.25, 0.3) is 0 Å². The van der Waals surface area contributed by atoms with Gasteiger partial charge in [-0.05, 0) is 31.2 Å². The maximum Gasteiger partial charge on any atom is 0.332 e. The van der Waals surface area contributed by atoms with E-state index in [0.29, 0.717) is 11.4 Å². The first-order valence-corrected chi connectivity index (χ1v) is 10.9. The van der Waals surface area contributed by atoms with Crippen molar-refractivity contribution in [2.45, 2.75) is 32.2 Å². The largest absolute Gasteiger partial charge is 0.464 e. The fourth-order valence-corrected chi connectivity index (χ4v) is 3.74. The number of nitrogens with zero attached hydrogens (tertiary/aromatic N) is 6. The molecule has 34 heavy (non-hydrogen) atoms. The van der Waals surface area contributed by atoms with Gasteiger partial charge in [-0.3, -0.25) is 4.79 Å². The maximum atomic E-state index is 13.2. The number of ether oxygens (including phenoxy) is 1. The van der Waals surface area contributed by atoms with E-state index in [9.17, 15) is 9.59 Å². The number of hydrogen-bond donors (Lipinski definition) is 1. The minimum atomic E-state index is -1.43. The smallest absolute Gasteiger partial charge is 0.332 e. The number of carbonyl (C=O) groups excluding carboxylic acids is 2. The summed E-state index contributed by atoms with van der Waals surface area (Å²) in [4.78, 5) is 25.4. The molecule has 0 saturated heterocycles. The van der Waals surface area contributed by atoms with Crippen LogP contribution in [0.1, 0.15) is 25.2 Å². The minimum Gasteiger partial charge on any atom is -0.464 e. The van der Waals surface area contributed by atoms with E-state index in [2.05, 4.69) is 25.9 Å². The van der Waals surface area contributed by atoms with Crippen molar-refractivity contribution in [3.8, 4) is 11.4 Å². The van der Waals surface area contributed by atoms with Gasteiger partial charge in [0.15, 0.2) is 0 Å². The molecule has 4 rings (SSSR count). The fourth-order valence-electron chi connectivity index (χ4n) is 3.74. The van der Waals surface area contributed by atoms with Crippen molar-refractivity contribution in [3.63, 3.8) is 0 Å². The van der Waals surface area contributed by atoms with Crippen LogP contribution in [0.5, 0.6) is 0 Å². The van der Waals surface area contributed by atoms with Gasteiger partial charge in [0, 0.05) is 19.8 Å². The quantitative estimate of drug-likeness (QED) is 0.381. The fraction of sp³-hybridized carbons (Fsp3) is 0.250. The molecule has 1 amide bonds. The number of amides is 1. The summed E-state index contributed by atoms with van der Waals surface area (Å²) in [6.45, 7) is 3.23. The minimum absolute atomic E-state index is 0.0659. The standard InChI is InChI=1S/C24H25N7O3/c1-3-34-23(33)24(25-18(2)32,14-19-16-30(28-26-19)21-10-6-4-7-11-21)15-20-17-31(29-27-20)22-12-8-5-9-13-22/h4-13,16-17H,3,14-15H2,1-2H3,(H,25,32). The summed E-state index contributed by atoms with van der Waals surface area (Å²) >= 11 is 0. The summed E-state index contributed by atoms with van der Waals surface area (Å²) in [6, 6.07) is 19.0. The van der Waals surface area contributed by atoms with Gasteiger partial charge >= 0.3 is 5.97 Å². The Balaban J connectivity index is 1.67. The first kappa shape index (κ1) is 22.8. The second kappa shape index (κ2) is 10.1. The molecule has 0 unspecified atom stereocenters. The monoisotopic (exact) mass is 459 g/mol. The number of rotatable bonds is 9. The van der Waals surface area contributed by atoms with Gasteiger partial charge < -0.3 is 10.1 Å². The van der Waals surface area contributed by atoms with E-state index >= 15 is 0 Å². The van der Waals surface area contributed by atoms with Crippen LogP contribution in [-0.4, -0.2) is 54.0 Å². The summed E-state index contributed by atoms with van der Waals surface area (Å²) in [7, 11) is 0. The van der Waals surface area contributed by atoms with Crippen molar-refractivity contribution in [1.82, 2.24) is 35.3 Å². The predicted octanol–water partition coefficient (Wildman–Crippen LogP) is 2.07. The van der Waals surface area contributed by atoms with Crippen LogP contribution in [0.15, 0.2) is 73.1 Å². The van der Waals surface area contributed by atoms with E-state index in [-0.39, 0.29) is 25.4 Å². The van der Waals surface area contributed by atoms with Gasteiger partial charge in [0.1, 0.15) is 5.54 Å². The van der Waals surface area contributed by atoms with Gasteiger partial charge in [0.2, 0.25) is 5.91 Å². The third-order valence-electron chi connectivity index (χ3n) is 5.17. The number of nitrogens with one attached hydrogen (secondary N) is 1. The number of carbonyl (C=O) groups is 2. The van der Waals surface area contributed by atoms with Crippen molar-refractivity contribution >= 4 is 11.9 Å². The Morgan fingerprint density at radius 2 is 1.32 bits per heavy atom. The molecular weight excluding hydrogens is 434 g/mol. The highest BCUT2D eigenvalue weighted by atomic mass is 16.5. The highest BCUT2D eigenvalue weighted by Gasteiger charge is 2.43. The van der Waals surface area contributed by atoms with E-state index in [1.54, 1.807) is 28.7 Å². The van der Waals surface area contributed by atoms with E-state index in [1.165, 1.54) is 6.92 Å². The van der Waals surface area contributed by atoms with Crippen LogP contribution in [0.25, 0.3) is 11.4 Å². The van der Waals surface area contributed by atoms with Crippen LogP contribution in [-0.2, 0) is 27.2 Å². The van der Waals surface area contributed by atoms with Crippen LogP contribution in [0.3, 0.4) is 0 Å². The second-order valence-electron chi connectivity index (χ2n) is 7.82. The van der Waals surface area contributed by atoms with E-state index < -0.39 is 11.5 Å². The van der Waals surface area contributed by atoms with Crippen molar-refractivity contribution in [1.29, 1.82) is 0 Å². The molecule has 1 N–H and O–H groups in total. The van der Waals surface area contributed by atoms with Gasteiger partial charge in [-0.1, -0.05) is 46.8 Å². The molecule has 4 aromatic rings. The molecule has 10 nitrogen and oxygen atoms in total. The van der Waals surface area contributed by atoms with Crippen molar-refractivity contribution < 1.29 is 14.3 Å². The summed E-state index contributed by atoms with van der Waals surface area (Å²) in [6.07, 6.45) is 3.59. The SMILES string of the molecule is CCOC(=O)C(Cc1cn(-c2ccccc2)nn1)(Cc1cn(-c2ccccc2)nn1)NC(C)=O.